The summed E-state index contributed by atoms with van der Waals surface area (Å²) in [6, 6.07) is 0. The summed E-state index contributed by atoms with van der Waals surface area (Å²) >= 11 is 0. The van der Waals surface area contributed by atoms with E-state index in [0.717, 1.165) is 12.1 Å². The van der Waals surface area contributed by atoms with Gasteiger partial charge in [-0.25, -0.2) is 0 Å². The van der Waals surface area contributed by atoms with Crippen molar-refractivity contribution in [3.8, 4) is 11.8 Å². The van der Waals surface area contributed by atoms with Gasteiger partial charge in [-0.2, -0.15) is 0 Å². The number of esters is 1. The first kappa shape index (κ1) is 13.8. The quantitative estimate of drug-likeness (QED) is 0.441. The highest BCUT2D eigenvalue weighted by Gasteiger charge is 2.26. The van der Waals surface area contributed by atoms with Gasteiger partial charge in [0.2, 0.25) is 0 Å². The molecule has 0 aromatic carbocycles. The highest BCUT2D eigenvalue weighted by molar-refractivity contribution is 5.67. The zero-order chi connectivity index (χ0) is 12.9. The van der Waals surface area contributed by atoms with Gasteiger partial charge < -0.3 is 9.64 Å². The van der Waals surface area contributed by atoms with Crippen LogP contribution in [0.2, 0.25) is 0 Å². The third-order valence-electron chi connectivity index (χ3n) is 3.14. The van der Waals surface area contributed by atoms with Crippen LogP contribution in [-0.2, 0) is 9.53 Å². The highest BCUT2D eigenvalue weighted by Crippen LogP contribution is 2.18. The molecule has 94 valence electrons. The number of likely N-dealkylation sites (tertiary alicyclic amines) is 1. The first-order valence-corrected chi connectivity index (χ1v) is 6.13. The van der Waals surface area contributed by atoms with Crippen molar-refractivity contribution in [3.63, 3.8) is 0 Å². The molecule has 1 saturated heterocycles. The third kappa shape index (κ3) is 4.24. The van der Waals surface area contributed by atoms with Gasteiger partial charge in [-0.05, 0) is 31.3 Å². The molecule has 17 heavy (non-hydrogen) atoms. The summed E-state index contributed by atoms with van der Waals surface area (Å²) in [5, 5.41) is 0. The molecule has 1 aliphatic rings. The molecule has 3 nitrogen and oxygen atoms in total. The van der Waals surface area contributed by atoms with Crippen molar-refractivity contribution in [3.05, 3.63) is 12.2 Å². The molecular weight excluding hydrogens is 214 g/mol. The fourth-order valence-corrected chi connectivity index (χ4v) is 1.90. The van der Waals surface area contributed by atoms with Gasteiger partial charge in [-0.3, -0.25) is 4.79 Å². The van der Waals surface area contributed by atoms with Crippen molar-refractivity contribution in [1.29, 1.82) is 0 Å². The lowest BCUT2D eigenvalue weighted by molar-refractivity contribution is -0.879. The van der Waals surface area contributed by atoms with Crippen LogP contribution in [0.25, 0.3) is 0 Å². The van der Waals surface area contributed by atoms with E-state index in [-0.39, 0.29) is 5.97 Å². The van der Waals surface area contributed by atoms with Gasteiger partial charge in [0.15, 0.2) is 5.60 Å². The summed E-state index contributed by atoms with van der Waals surface area (Å²) in [7, 11) is 0. The van der Waals surface area contributed by atoms with E-state index in [1.54, 1.807) is 6.92 Å². The molecule has 0 amide bonds. The number of quaternary nitrogens is 1. The summed E-state index contributed by atoms with van der Waals surface area (Å²) in [5.74, 6) is 5.85. The second-order valence-corrected chi connectivity index (χ2v) is 4.84. The first-order chi connectivity index (χ1) is 7.94. The van der Waals surface area contributed by atoms with Gasteiger partial charge in [0.25, 0.3) is 0 Å². The Morgan fingerprint density at radius 3 is 2.47 bits per heavy atom. The van der Waals surface area contributed by atoms with E-state index < -0.39 is 5.60 Å². The van der Waals surface area contributed by atoms with Crippen molar-refractivity contribution >= 4 is 5.97 Å². The van der Waals surface area contributed by atoms with E-state index in [9.17, 15) is 4.79 Å². The lowest BCUT2D eigenvalue weighted by atomic mass is 9.99. The van der Waals surface area contributed by atoms with E-state index >= 15 is 0 Å². The van der Waals surface area contributed by atoms with Crippen molar-refractivity contribution in [2.24, 2.45) is 0 Å². The topological polar surface area (TPSA) is 30.7 Å². The number of hydrogen-bond donors (Lipinski definition) is 1. The summed E-state index contributed by atoms with van der Waals surface area (Å²) in [6.45, 7) is 12.1. The highest BCUT2D eigenvalue weighted by atomic mass is 16.6. The van der Waals surface area contributed by atoms with Gasteiger partial charge in [0.05, 0.1) is 13.1 Å². The monoisotopic (exact) mass is 236 g/mol. The Hall–Kier alpha value is -1.27. The molecule has 0 radical (unpaired) electrons. The smallest absolute Gasteiger partial charge is 0.304 e. The molecule has 0 saturated carbocycles. The SMILES string of the molecule is C=C(C)[C@](C)(C#CC[NH+]1CCCC1)OC(C)=O. The van der Waals surface area contributed by atoms with Gasteiger partial charge in [-0.15, -0.1) is 0 Å². The zero-order valence-electron chi connectivity index (χ0n) is 11.1. The molecule has 1 rings (SSSR count). The summed E-state index contributed by atoms with van der Waals surface area (Å²) < 4.78 is 5.24. The maximum atomic E-state index is 11.0. The van der Waals surface area contributed by atoms with Gasteiger partial charge in [0, 0.05) is 19.8 Å². The average Bonchev–Trinajstić information content (AvgIpc) is 2.69. The van der Waals surface area contributed by atoms with Crippen LogP contribution >= 0.6 is 0 Å². The minimum Gasteiger partial charge on any atom is -0.442 e. The second kappa shape index (κ2) is 5.88. The number of carbonyl (C=O) groups excluding carboxylic acids is 1. The Labute approximate surface area is 104 Å². The van der Waals surface area contributed by atoms with Gasteiger partial charge in [0.1, 0.15) is 6.54 Å². The number of rotatable bonds is 3. The van der Waals surface area contributed by atoms with E-state index in [4.69, 9.17) is 4.74 Å². The third-order valence-corrected chi connectivity index (χ3v) is 3.14. The summed E-state index contributed by atoms with van der Waals surface area (Å²) in [5.41, 5.74) is -0.0815. The van der Waals surface area contributed by atoms with E-state index in [2.05, 4.69) is 18.4 Å². The minimum absolute atomic E-state index is 0.321. The van der Waals surface area contributed by atoms with Crippen LogP contribution in [0.15, 0.2) is 12.2 Å². The fourth-order valence-electron chi connectivity index (χ4n) is 1.90. The van der Waals surface area contributed by atoms with Crippen molar-refractivity contribution < 1.29 is 14.4 Å². The molecule has 0 unspecified atom stereocenters. The van der Waals surface area contributed by atoms with E-state index in [1.165, 1.54) is 37.8 Å². The first-order valence-electron chi connectivity index (χ1n) is 6.13. The fraction of sp³-hybridized carbons (Fsp3) is 0.643. The average molecular weight is 236 g/mol. The number of carbonyl (C=O) groups is 1. The minimum atomic E-state index is -0.842. The van der Waals surface area contributed by atoms with E-state index in [0.29, 0.717) is 0 Å². The second-order valence-electron chi connectivity index (χ2n) is 4.84. The molecule has 0 spiro atoms. The number of hydrogen-bond acceptors (Lipinski definition) is 2. The Bertz CT molecular complexity index is 358. The molecule has 0 aliphatic carbocycles. The van der Waals surface area contributed by atoms with Crippen LogP contribution in [0.5, 0.6) is 0 Å². The molecular formula is C14H22NO2+. The summed E-state index contributed by atoms with van der Waals surface area (Å²) in [4.78, 5) is 12.6. The molecule has 1 atom stereocenters. The van der Waals surface area contributed by atoms with Crippen LogP contribution in [0.3, 0.4) is 0 Å². The molecule has 0 bridgehead atoms. The van der Waals surface area contributed by atoms with Crippen molar-refractivity contribution in [2.45, 2.75) is 39.2 Å². The van der Waals surface area contributed by atoms with Crippen LogP contribution in [0.1, 0.15) is 33.6 Å². The number of nitrogens with one attached hydrogen (secondary N) is 1. The normalized spacial score (nSPS) is 19.0. The Morgan fingerprint density at radius 1 is 1.41 bits per heavy atom. The summed E-state index contributed by atoms with van der Waals surface area (Å²) in [6.07, 6.45) is 2.58. The zero-order valence-corrected chi connectivity index (χ0v) is 11.1. The molecule has 0 aromatic heterocycles. The molecule has 1 heterocycles. The van der Waals surface area contributed by atoms with Crippen LogP contribution in [0.4, 0.5) is 0 Å². The Kier molecular flexibility index (Phi) is 4.77. The molecule has 3 heteroatoms. The van der Waals surface area contributed by atoms with Crippen molar-refractivity contribution in [2.75, 3.05) is 19.6 Å². The standard InChI is InChI=1S/C14H21NO2/c1-12(2)14(4,17-13(3)16)8-7-11-15-9-5-6-10-15/h1,5-6,9-11H2,2-4H3/p+1/t14-/m0/s1. The Morgan fingerprint density at radius 2 is 2.00 bits per heavy atom. The largest absolute Gasteiger partial charge is 0.442 e. The van der Waals surface area contributed by atoms with Crippen LogP contribution in [0, 0.1) is 11.8 Å². The predicted octanol–water partition coefficient (Wildman–Crippen LogP) is 0.566. The maximum Gasteiger partial charge on any atom is 0.304 e. The molecule has 1 N–H and O–H groups in total. The molecule has 0 aromatic rings. The van der Waals surface area contributed by atoms with Crippen molar-refractivity contribution in [1.82, 2.24) is 0 Å². The Balaban J connectivity index is 2.62. The van der Waals surface area contributed by atoms with Gasteiger partial charge >= 0.3 is 5.97 Å². The molecule has 1 fully saturated rings. The lowest BCUT2D eigenvalue weighted by Gasteiger charge is -2.23. The van der Waals surface area contributed by atoms with Crippen LogP contribution < -0.4 is 4.90 Å². The predicted molar refractivity (Wildman–Crippen MR) is 67.6 cm³/mol. The van der Waals surface area contributed by atoms with Crippen LogP contribution in [-0.4, -0.2) is 31.2 Å². The molecule has 1 aliphatic heterocycles. The van der Waals surface area contributed by atoms with Gasteiger partial charge in [-0.1, -0.05) is 6.58 Å². The number of ether oxygens (including phenoxy) is 1. The van der Waals surface area contributed by atoms with E-state index in [1.807, 2.05) is 6.92 Å². The lowest BCUT2D eigenvalue weighted by Crippen LogP contribution is -3.09. The maximum absolute atomic E-state index is 11.0.